The highest BCUT2D eigenvalue weighted by Crippen LogP contribution is 2.23. The van der Waals surface area contributed by atoms with Crippen LogP contribution < -0.4 is 5.32 Å². The number of aromatic nitrogens is 4. The third-order valence-electron chi connectivity index (χ3n) is 5.28. The molecule has 0 unspecified atom stereocenters. The van der Waals surface area contributed by atoms with Crippen LogP contribution in [0.25, 0.3) is 34.2 Å². The molecule has 0 saturated carbocycles. The van der Waals surface area contributed by atoms with Crippen LogP contribution in [0.5, 0.6) is 0 Å². The Kier molecular flexibility index (Phi) is 5.47. The maximum absolute atomic E-state index is 12.5. The summed E-state index contributed by atoms with van der Waals surface area (Å²) >= 11 is 0. The van der Waals surface area contributed by atoms with Crippen LogP contribution in [-0.2, 0) is 4.79 Å². The molecule has 1 N–H and O–H groups in total. The Labute approximate surface area is 191 Å². The van der Waals surface area contributed by atoms with Crippen LogP contribution in [0, 0.1) is 6.92 Å². The molecule has 0 spiro atoms. The molecule has 5 rings (SSSR count). The van der Waals surface area contributed by atoms with Crippen LogP contribution in [0.15, 0.2) is 97.3 Å². The Balaban J connectivity index is 1.30. The molecule has 3 aromatic heterocycles. The van der Waals surface area contributed by atoms with Crippen LogP contribution in [0.3, 0.4) is 0 Å². The van der Waals surface area contributed by atoms with Gasteiger partial charge in [0.25, 0.3) is 5.91 Å². The van der Waals surface area contributed by atoms with Crippen LogP contribution in [0.2, 0.25) is 0 Å². The topological polar surface area (TPSA) is 72.2 Å². The van der Waals surface area contributed by atoms with Gasteiger partial charge >= 0.3 is 0 Å². The smallest absolute Gasteiger partial charge is 0.250 e. The summed E-state index contributed by atoms with van der Waals surface area (Å²) in [7, 11) is 0. The largest absolute Gasteiger partial charge is 0.298 e. The molecule has 0 fully saturated rings. The van der Waals surface area contributed by atoms with Gasteiger partial charge in [0, 0.05) is 18.5 Å². The van der Waals surface area contributed by atoms with Gasteiger partial charge in [-0.1, -0.05) is 60.7 Å². The Morgan fingerprint density at radius 1 is 0.879 bits per heavy atom. The van der Waals surface area contributed by atoms with E-state index in [1.165, 1.54) is 6.08 Å². The van der Waals surface area contributed by atoms with Crippen molar-refractivity contribution < 1.29 is 4.79 Å². The predicted molar refractivity (Wildman–Crippen MR) is 130 cm³/mol. The molecule has 6 heteroatoms. The number of rotatable bonds is 5. The van der Waals surface area contributed by atoms with E-state index in [1.807, 2.05) is 84.3 Å². The zero-order valence-corrected chi connectivity index (χ0v) is 18.0. The number of carbonyl (C=O) groups excluding carboxylic acids is 1. The van der Waals surface area contributed by atoms with Gasteiger partial charge in [0.1, 0.15) is 5.65 Å². The number of carbonyl (C=O) groups is 1. The minimum absolute atomic E-state index is 0.242. The molecule has 0 saturated heterocycles. The standard InChI is InChI=1S/C27H21N5O/c1-19-26(32-18-6-5-9-24(32)29-19)23-16-17-28-27(30-23)31-25(33)15-12-20-10-13-22(14-11-20)21-7-3-2-4-8-21/h2-18H,1H3,(H,28,30,31,33)/b15-12+. The van der Waals surface area contributed by atoms with E-state index in [9.17, 15) is 4.79 Å². The first-order chi connectivity index (χ1) is 16.2. The quantitative estimate of drug-likeness (QED) is 0.377. The average Bonchev–Trinajstić information content (AvgIpc) is 3.19. The van der Waals surface area contributed by atoms with Crippen molar-refractivity contribution in [3.8, 4) is 22.5 Å². The number of hydrogen-bond donors (Lipinski definition) is 1. The molecule has 0 aliphatic carbocycles. The Morgan fingerprint density at radius 3 is 2.45 bits per heavy atom. The fourth-order valence-electron chi connectivity index (χ4n) is 3.71. The van der Waals surface area contributed by atoms with Crippen molar-refractivity contribution in [1.29, 1.82) is 0 Å². The van der Waals surface area contributed by atoms with Gasteiger partial charge in [-0.25, -0.2) is 15.0 Å². The van der Waals surface area contributed by atoms with Gasteiger partial charge in [0.15, 0.2) is 0 Å². The predicted octanol–water partition coefficient (Wildman–Crippen LogP) is 5.42. The number of anilines is 1. The third kappa shape index (κ3) is 4.41. The number of imidazole rings is 1. The molecule has 33 heavy (non-hydrogen) atoms. The zero-order chi connectivity index (χ0) is 22.6. The first-order valence-corrected chi connectivity index (χ1v) is 10.6. The molecule has 0 aliphatic heterocycles. The molecule has 1 amide bonds. The van der Waals surface area contributed by atoms with Crippen LogP contribution in [0.1, 0.15) is 11.3 Å². The summed E-state index contributed by atoms with van der Waals surface area (Å²) in [6.07, 6.45) is 6.82. The maximum Gasteiger partial charge on any atom is 0.250 e. The monoisotopic (exact) mass is 431 g/mol. The molecule has 0 aliphatic rings. The van der Waals surface area contributed by atoms with Gasteiger partial charge in [0.05, 0.1) is 17.1 Å². The van der Waals surface area contributed by atoms with E-state index in [0.717, 1.165) is 33.7 Å². The number of fused-ring (bicyclic) bond motifs is 1. The average molecular weight is 431 g/mol. The van der Waals surface area contributed by atoms with Crippen molar-refractivity contribution in [3.63, 3.8) is 0 Å². The third-order valence-corrected chi connectivity index (χ3v) is 5.28. The van der Waals surface area contributed by atoms with Crippen molar-refractivity contribution in [2.24, 2.45) is 0 Å². The normalized spacial score (nSPS) is 11.2. The highest BCUT2D eigenvalue weighted by atomic mass is 16.1. The highest BCUT2D eigenvalue weighted by Gasteiger charge is 2.13. The lowest BCUT2D eigenvalue weighted by atomic mass is 10.0. The van der Waals surface area contributed by atoms with Crippen molar-refractivity contribution >= 4 is 23.6 Å². The molecule has 0 radical (unpaired) electrons. The van der Waals surface area contributed by atoms with Crippen LogP contribution in [0.4, 0.5) is 5.95 Å². The fraction of sp³-hybridized carbons (Fsp3) is 0.0370. The van der Waals surface area contributed by atoms with Gasteiger partial charge in [-0.3, -0.25) is 14.5 Å². The summed E-state index contributed by atoms with van der Waals surface area (Å²) in [6.45, 7) is 1.94. The number of hydrogen-bond acceptors (Lipinski definition) is 4. The highest BCUT2D eigenvalue weighted by molar-refractivity contribution is 6.01. The van der Waals surface area contributed by atoms with Gasteiger partial charge in [-0.05, 0) is 47.9 Å². The van der Waals surface area contributed by atoms with Gasteiger partial charge in [-0.2, -0.15) is 0 Å². The van der Waals surface area contributed by atoms with E-state index >= 15 is 0 Å². The van der Waals surface area contributed by atoms with Crippen molar-refractivity contribution in [1.82, 2.24) is 19.4 Å². The van der Waals surface area contributed by atoms with E-state index in [-0.39, 0.29) is 11.9 Å². The molecular weight excluding hydrogens is 410 g/mol. The summed E-state index contributed by atoms with van der Waals surface area (Å²) < 4.78 is 1.97. The minimum Gasteiger partial charge on any atom is -0.298 e. The molecule has 160 valence electrons. The number of amides is 1. The molecular formula is C27H21N5O. The van der Waals surface area contributed by atoms with E-state index in [4.69, 9.17) is 0 Å². The van der Waals surface area contributed by atoms with E-state index in [0.29, 0.717) is 5.69 Å². The van der Waals surface area contributed by atoms with E-state index in [1.54, 1.807) is 12.3 Å². The molecule has 0 bridgehead atoms. The second-order valence-electron chi connectivity index (χ2n) is 7.55. The Hall–Kier alpha value is -4.58. The molecule has 0 atom stereocenters. The van der Waals surface area contributed by atoms with Gasteiger partial charge in [-0.15, -0.1) is 0 Å². The molecule has 3 heterocycles. The number of nitrogens with zero attached hydrogens (tertiary/aromatic N) is 4. The summed E-state index contributed by atoms with van der Waals surface area (Å²) in [5.74, 6) is -0.0546. The number of nitrogens with one attached hydrogen (secondary N) is 1. The summed E-state index contributed by atoms with van der Waals surface area (Å²) in [4.78, 5) is 25.7. The summed E-state index contributed by atoms with van der Waals surface area (Å²) in [5, 5.41) is 2.74. The number of benzene rings is 2. The van der Waals surface area contributed by atoms with Gasteiger partial charge in [0.2, 0.25) is 5.95 Å². The summed E-state index contributed by atoms with van der Waals surface area (Å²) in [5.41, 5.74) is 6.48. The van der Waals surface area contributed by atoms with Gasteiger partial charge < -0.3 is 0 Å². The Morgan fingerprint density at radius 2 is 1.64 bits per heavy atom. The minimum atomic E-state index is -0.297. The molecule has 2 aromatic carbocycles. The SMILES string of the molecule is Cc1nc2ccccn2c1-c1ccnc(NC(=O)/C=C/c2ccc(-c3ccccc3)cc2)n1. The lowest BCUT2D eigenvalue weighted by molar-refractivity contribution is -0.111. The molecule has 6 nitrogen and oxygen atoms in total. The Bertz CT molecular complexity index is 1450. The second kappa shape index (κ2) is 8.88. The maximum atomic E-state index is 12.5. The van der Waals surface area contributed by atoms with Crippen molar-refractivity contribution in [2.75, 3.05) is 5.32 Å². The first-order valence-electron chi connectivity index (χ1n) is 10.6. The van der Waals surface area contributed by atoms with Crippen LogP contribution >= 0.6 is 0 Å². The molecule has 5 aromatic rings. The first kappa shape index (κ1) is 20.3. The number of pyridine rings is 1. The lowest BCUT2D eigenvalue weighted by Crippen LogP contribution is -2.11. The summed E-state index contributed by atoms with van der Waals surface area (Å²) in [6, 6.07) is 25.9. The number of aryl methyl sites for hydroxylation is 1. The zero-order valence-electron chi connectivity index (χ0n) is 18.0. The lowest BCUT2D eigenvalue weighted by Gasteiger charge is -2.05. The fourth-order valence-corrected chi connectivity index (χ4v) is 3.71. The van der Waals surface area contributed by atoms with Crippen LogP contribution in [-0.4, -0.2) is 25.3 Å². The second-order valence-corrected chi connectivity index (χ2v) is 7.55. The van der Waals surface area contributed by atoms with E-state index < -0.39 is 0 Å². The van der Waals surface area contributed by atoms with E-state index in [2.05, 4.69) is 32.4 Å². The van der Waals surface area contributed by atoms with Crippen molar-refractivity contribution in [2.45, 2.75) is 6.92 Å². The van der Waals surface area contributed by atoms with Crippen molar-refractivity contribution in [3.05, 3.63) is 109 Å².